The zero-order valence-electron chi connectivity index (χ0n) is 11.1. The van der Waals surface area contributed by atoms with Crippen molar-refractivity contribution in [3.63, 3.8) is 0 Å². The zero-order chi connectivity index (χ0) is 15.7. The van der Waals surface area contributed by atoms with E-state index < -0.39 is 50.1 Å². The van der Waals surface area contributed by atoms with Crippen LogP contribution in [0, 0.1) is 0 Å². The second-order valence-corrected chi connectivity index (χ2v) is 4.00. The summed E-state index contributed by atoms with van der Waals surface area (Å²) < 4.78 is 0. The number of carboxylic acids is 4. The molecule has 11 nitrogen and oxygen atoms in total. The molecule has 0 heterocycles. The molecule has 0 radical (unpaired) electrons. The third-order valence-corrected chi connectivity index (χ3v) is 2.17. The van der Waals surface area contributed by atoms with Gasteiger partial charge in [-0.1, -0.05) is 0 Å². The Morgan fingerprint density at radius 1 is 0.520 bits per heavy atom. The Morgan fingerprint density at radius 3 is 0.800 bits per heavy atom. The van der Waals surface area contributed by atoms with Crippen molar-refractivity contribution in [3.8, 4) is 0 Å². The van der Waals surface area contributed by atoms with Crippen molar-refractivity contribution < 1.29 is 45.1 Å². The molecule has 0 atom stereocenters. The SMILES string of the molecule is O.O=C(O)CN(CCN(CC(=O)O)CC(=O)O)CC(=O)O.[NaH].[NaH].[NaH].[NaH]. The number of aliphatic carboxylic acids is 4. The van der Waals surface area contributed by atoms with Gasteiger partial charge in [0.15, 0.2) is 0 Å². The van der Waals surface area contributed by atoms with Crippen LogP contribution in [-0.4, -0.2) is 217 Å². The van der Waals surface area contributed by atoms with E-state index >= 15 is 0 Å². The van der Waals surface area contributed by atoms with E-state index in [9.17, 15) is 19.2 Å². The molecule has 0 fully saturated rings. The molecular formula is C10H22N2Na4O9. The first-order chi connectivity index (χ1) is 9.20. The van der Waals surface area contributed by atoms with E-state index in [2.05, 4.69) is 0 Å². The molecule has 0 aliphatic heterocycles. The van der Waals surface area contributed by atoms with Gasteiger partial charge in [0.1, 0.15) is 0 Å². The van der Waals surface area contributed by atoms with Gasteiger partial charge in [-0.25, -0.2) is 0 Å². The van der Waals surface area contributed by atoms with Gasteiger partial charge in [-0.15, -0.1) is 0 Å². The van der Waals surface area contributed by atoms with Crippen LogP contribution in [0.5, 0.6) is 0 Å². The Balaban J connectivity index is -0.000000180. The summed E-state index contributed by atoms with van der Waals surface area (Å²) in [6.07, 6.45) is 0. The molecule has 0 saturated heterocycles. The molecule has 0 spiro atoms. The van der Waals surface area contributed by atoms with Crippen molar-refractivity contribution in [2.45, 2.75) is 0 Å². The average molecular weight is 406 g/mol. The van der Waals surface area contributed by atoms with Crippen molar-refractivity contribution in [1.82, 2.24) is 9.80 Å². The molecule has 15 heteroatoms. The summed E-state index contributed by atoms with van der Waals surface area (Å²) in [6.45, 7) is -2.25. The summed E-state index contributed by atoms with van der Waals surface area (Å²) in [7, 11) is 0. The van der Waals surface area contributed by atoms with Gasteiger partial charge in [0.25, 0.3) is 0 Å². The van der Waals surface area contributed by atoms with Crippen LogP contribution in [0.25, 0.3) is 0 Å². The number of carbonyl (C=O) groups is 4. The maximum absolute atomic E-state index is 10.6. The van der Waals surface area contributed by atoms with Gasteiger partial charge in [0.2, 0.25) is 0 Å². The van der Waals surface area contributed by atoms with E-state index in [0.717, 1.165) is 9.80 Å². The Hall–Kier alpha value is 1.76. The quantitative estimate of drug-likeness (QED) is 0.241. The number of hydrogen-bond donors (Lipinski definition) is 4. The molecule has 0 aromatic heterocycles. The van der Waals surface area contributed by atoms with E-state index in [-0.39, 0.29) is 137 Å². The van der Waals surface area contributed by atoms with E-state index in [1.54, 1.807) is 0 Å². The van der Waals surface area contributed by atoms with Crippen LogP contribution in [0.3, 0.4) is 0 Å². The molecule has 0 amide bonds. The van der Waals surface area contributed by atoms with E-state index in [0.29, 0.717) is 0 Å². The predicted octanol–water partition coefficient (Wildman–Crippen LogP) is -5.49. The van der Waals surface area contributed by atoms with Crippen LogP contribution in [0.1, 0.15) is 0 Å². The molecule has 25 heavy (non-hydrogen) atoms. The van der Waals surface area contributed by atoms with E-state index in [4.69, 9.17) is 20.4 Å². The molecule has 0 aromatic rings. The first-order valence-corrected chi connectivity index (χ1v) is 5.52. The fourth-order valence-electron chi connectivity index (χ4n) is 1.48. The van der Waals surface area contributed by atoms with Gasteiger partial charge in [0.05, 0.1) is 26.2 Å². The second-order valence-electron chi connectivity index (χ2n) is 4.00. The van der Waals surface area contributed by atoms with Gasteiger partial charge in [-0.05, 0) is 0 Å². The van der Waals surface area contributed by atoms with Gasteiger partial charge >= 0.3 is 142 Å². The summed E-state index contributed by atoms with van der Waals surface area (Å²) in [5, 5.41) is 34.5. The monoisotopic (exact) mass is 406 g/mol. The van der Waals surface area contributed by atoms with Crippen LogP contribution in [0.2, 0.25) is 0 Å². The number of hydrogen-bond acceptors (Lipinski definition) is 6. The fraction of sp³-hybridized carbons (Fsp3) is 0.600. The number of nitrogens with zero attached hydrogens (tertiary/aromatic N) is 2. The van der Waals surface area contributed by atoms with Gasteiger partial charge in [-0.2, -0.15) is 0 Å². The standard InChI is InChI=1S/C10H16N2O8.4Na.H2O.4H/c13-7(14)3-11(4-8(15)16)1-2-12(5-9(17)18)6-10(19)20;;;;;;;;;/h1-6H2,(H,13,14)(H,15,16)(H,17,18)(H,19,20);;;;;1H2;;;;. The van der Waals surface area contributed by atoms with Gasteiger partial charge in [0, 0.05) is 13.1 Å². The Morgan fingerprint density at radius 2 is 0.680 bits per heavy atom. The Kier molecular flexibility index (Phi) is 39.2. The molecule has 0 aliphatic carbocycles. The van der Waals surface area contributed by atoms with Gasteiger partial charge < -0.3 is 25.9 Å². The predicted molar refractivity (Wildman–Crippen MR) is 95.6 cm³/mol. The van der Waals surface area contributed by atoms with Crippen LogP contribution in [-0.2, 0) is 19.2 Å². The third kappa shape index (κ3) is 28.1. The fourth-order valence-corrected chi connectivity index (χ4v) is 1.48. The van der Waals surface area contributed by atoms with Crippen molar-refractivity contribution in [1.29, 1.82) is 0 Å². The summed E-state index contributed by atoms with van der Waals surface area (Å²) in [5.41, 5.74) is 0. The third-order valence-electron chi connectivity index (χ3n) is 2.17. The molecule has 0 aromatic carbocycles. The second kappa shape index (κ2) is 23.8. The normalized spacial score (nSPS) is 8.56. The number of carboxylic acid groups (broad SMARTS) is 4. The molecule has 0 saturated carbocycles. The molecule has 6 N–H and O–H groups in total. The minimum absolute atomic E-state index is 0. The van der Waals surface area contributed by atoms with Gasteiger partial charge in [-0.3, -0.25) is 29.0 Å². The molecule has 130 valence electrons. The van der Waals surface area contributed by atoms with Crippen LogP contribution in [0.15, 0.2) is 0 Å². The number of rotatable bonds is 11. The van der Waals surface area contributed by atoms with E-state index in [1.807, 2.05) is 0 Å². The molecule has 0 rings (SSSR count). The van der Waals surface area contributed by atoms with Crippen molar-refractivity contribution in [3.05, 3.63) is 0 Å². The molecular weight excluding hydrogens is 384 g/mol. The van der Waals surface area contributed by atoms with Crippen LogP contribution in [0.4, 0.5) is 0 Å². The first kappa shape index (κ1) is 41.2. The van der Waals surface area contributed by atoms with E-state index in [1.165, 1.54) is 0 Å². The minimum atomic E-state index is -1.23. The summed E-state index contributed by atoms with van der Waals surface area (Å²) in [5.74, 6) is -4.91. The van der Waals surface area contributed by atoms with Crippen molar-refractivity contribution in [2.75, 3.05) is 39.3 Å². The summed E-state index contributed by atoms with van der Waals surface area (Å²) >= 11 is 0. The molecule has 0 aliphatic rings. The summed E-state index contributed by atoms with van der Waals surface area (Å²) in [4.78, 5) is 44.4. The maximum atomic E-state index is 10.6. The Labute approximate surface area is 233 Å². The average Bonchev–Trinajstić information content (AvgIpc) is 2.22. The van der Waals surface area contributed by atoms with Crippen LogP contribution >= 0.6 is 0 Å². The molecule has 0 unspecified atom stereocenters. The topological polar surface area (TPSA) is 187 Å². The molecule has 0 bridgehead atoms. The van der Waals surface area contributed by atoms with Crippen molar-refractivity contribution in [2.24, 2.45) is 0 Å². The first-order valence-electron chi connectivity index (χ1n) is 5.52. The summed E-state index contributed by atoms with van der Waals surface area (Å²) in [6, 6.07) is 0. The van der Waals surface area contributed by atoms with Crippen LogP contribution < -0.4 is 0 Å². The zero-order valence-corrected chi connectivity index (χ0v) is 11.1. The van der Waals surface area contributed by atoms with Crippen molar-refractivity contribution >= 4 is 142 Å². The Bertz CT molecular complexity index is 333.